The lowest BCUT2D eigenvalue weighted by Crippen LogP contribution is -2.63. The monoisotopic (exact) mass is 838 g/mol. The van der Waals surface area contributed by atoms with E-state index in [0.29, 0.717) is 48.3 Å². The molecule has 5 fully saturated rings. The first-order valence-corrected chi connectivity index (χ1v) is 23.2. The van der Waals surface area contributed by atoms with Crippen molar-refractivity contribution in [3.05, 3.63) is 68.6 Å². The van der Waals surface area contributed by atoms with E-state index in [0.717, 1.165) is 48.7 Å². The van der Waals surface area contributed by atoms with E-state index in [-0.39, 0.29) is 0 Å². The number of nitrogens with zero attached hydrogens (tertiary/aromatic N) is 2. The van der Waals surface area contributed by atoms with E-state index in [2.05, 4.69) is 31.9 Å². The molecule has 5 aliphatic heterocycles. The van der Waals surface area contributed by atoms with Gasteiger partial charge >= 0.3 is 0 Å². The molecule has 7 rings (SSSR count). The van der Waals surface area contributed by atoms with Crippen molar-refractivity contribution in [1.82, 2.24) is 0 Å². The Morgan fingerprint density at radius 3 is 1.48 bits per heavy atom. The summed E-state index contributed by atoms with van der Waals surface area (Å²) >= 11 is 7.17. The molecule has 5 heterocycles. The SMILES string of the molecule is O=C(C[N+]12CCCCCCCCCC[C@H]3C[C@@H]4C[N+](CC(=O)c5ccc(Br)cc5)(CCCCCCCCCC[C@@H](C1)[C@@H]4CC2)C3)c1ccc(Br)cc1. The maximum Gasteiger partial charge on any atom is 0.216 e. The van der Waals surface area contributed by atoms with Crippen LogP contribution in [0.3, 0.4) is 0 Å². The van der Waals surface area contributed by atoms with E-state index in [1.54, 1.807) is 0 Å². The zero-order chi connectivity index (χ0) is 36.2. The Labute approximate surface area is 333 Å². The molecule has 0 amide bonds. The van der Waals surface area contributed by atoms with Gasteiger partial charge in [-0.25, -0.2) is 0 Å². The summed E-state index contributed by atoms with van der Waals surface area (Å²) in [5.74, 6) is 3.42. The Balaban J connectivity index is 1.32. The van der Waals surface area contributed by atoms with Crippen LogP contribution in [-0.2, 0) is 0 Å². The summed E-state index contributed by atoms with van der Waals surface area (Å²) in [6.07, 6.45) is 26.6. The average Bonchev–Trinajstić information content (AvgIpc) is 3.13. The van der Waals surface area contributed by atoms with Crippen LogP contribution >= 0.6 is 31.9 Å². The van der Waals surface area contributed by atoms with Gasteiger partial charge in [-0.15, -0.1) is 0 Å². The van der Waals surface area contributed by atoms with Crippen LogP contribution in [0.25, 0.3) is 0 Å². The Morgan fingerprint density at radius 2 is 0.923 bits per heavy atom. The number of benzene rings is 2. The normalized spacial score (nSPS) is 31.7. The number of quaternary nitrogens is 2. The molecule has 6 bridgehead atoms. The molecule has 5 saturated heterocycles. The van der Waals surface area contributed by atoms with Crippen LogP contribution in [0.5, 0.6) is 0 Å². The number of fused-ring (bicyclic) bond motifs is 11. The second-order valence-corrected chi connectivity index (χ2v) is 19.7. The van der Waals surface area contributed by atoms with E-state index in [1.807, 2.05) is 48.5 Å². The first-order chi connectivity index (χ1) is 25.3. The quantitative estimate of drug-likeness (QED) is 0.214. The van der Waals surface area contributed by atoms with E-state index in [1.165, 1.54) is 148 Å². The van der Waals surface area contributed by atoms with Crippen molar-refractivity contribution in [1.29, 1.82) is 0 Å². The number of hydrogen-bond acceptors (Lipinski definition) is 2. The highest BCUT2D eigenvalue weighted by Crippen LogP contribution is 2.44. The maximum atomic E-state index is 14.2. The molecule has 0 saturated carbocycles. The van der Waals surface area contributed by atoms with Crippen molar-refractivity contribution >= 4 is 43.4 Å². The Morgan fingerprint density at radius 1 is 0.481 bits per heavy atom. The van der Waals surface area contributed by atoms with Gasteiger partial charge in [0.2, 0.25) is 11.6 Å². The number of rotatable bonds is 6. The number of ketones is 2. The Kier molecular flexibility index (Phi) is 15.5. The zero-order valence-electron chi connectivity index (χ0n) is 32.2. The Hall–Kier alpha value is -1.34. The summed E-state index contributed by atoms with van der Waals surface area (Å²) in [6, 6.07) is 16.3. The lowest BCUT2D eigenvalue weighted by molar-refractivity contribution is -0.937. The van der Waals surface area contributed by atoms with Crippen LogP contribution in [0.4, 0.5) is 0 Å². The summed E-state index contributed by atoms with van der Waals surface area (Å²) in [4.78, 5) is 28.2. The highest BCUT2D eigenvalue weighted by Gasteiger charge is 2.49. The van der Waals surface area contributed by atoms with Crippen molar-refractivity contribution in [2.75, 3.05) is 52.4 Å². The maximum absolute atomic E-state index is 14.2. The van der Waals surface area contributed by atoms with Crippen LogP contribution < -0.4 is 0 Å². The topological polar surface area (TPSA) is 34.1 Å². The Bertz CT molecular complexity index is 1410. The number of halogens is 2. The van der Waals surface area contributed by atoms with Crippen LogP contribution in [0.2, 0.25) is 0 Å². The second kappa shape index (κ2) is 20.0. The number of carbonyl (C=O) groups is 2. The molecule has 0 aromatic heterocycles. The summed E-state index contributed by atoms with van der Waals surface area (Å²) in [5.41, 5.74) is 1.75. The van der Waals surface area contributed by atoms with Gasteiger partial charge in [-0.1, -0.05) is 133 Å². The number of piperidine rings is 2. The van der Waals surface area contributed by atoms with Crippen molar-refractivity contribution in [3.8, 4) is 0 Å². The molecule has 5 aliphatic rings. The molecular weight excluding hydrogens is 772 g/mol. The van der Waals surface area contributed by atoms with Crippen molar-refractivity contribution < 1.29 is 18.6 Å². The third-order valence-electron chi connectivity index (χ3n) is 13.9. The highest BCUT2D eigenvalue weighted by atomic mass is 79.9. The molecule has 2 aromatic rings. The molecule has 0 radical (unpaired) electrons. The van der Waals surface area contributed by atoms with Gasteiger partial charge in [0.15, 0.2) is 0 Å². The lowest BCUT2D eigenvalue weighted by atomic mass is 9.68. The fraction of sp³-hybridized carbons (Fsp3) is 0.696. The van der Waals surface area contributed by atoms with E-state index < -0.39 is 0 Å². The number of Topliss-reactive ketones (excluding diaryl/α,β-unsaturated/α-hetero) is 2. The number of carbonyl (C=O) groups excluding carboxylic acids is 2. The molecular formula is C46H68Br2N2O2+2. The molecule has 286 valence electrons. The van der Waals surface area contributed by atoms with Gasteiger partial charge in [0.05, 0.1) is 39.3 Å². The third kappa shape index (κ3) is 11.6. The summed E-state index contributed by atoms with van der Waals surface area (Å²) in [6.45, 7) is 8.31. The number of hydrogen-bond donors (Lipinski definition) is 0. The predicted octanol–water partition coefficient (Wildman–Crippen LogP) is 12.2. The minimum Gasteiger partial charge on any atom is -0.317 e. The molecule has 0 spiro atoms. The van der Waals surface area contributed by atoms with Crippen molar-refractivity contribution in [2.45, 2.75) is 128 Å². The summed E-state index contributed by atoms with van der Waals surface area (Å²) < 4.78 is 4.08. The van der Waals surface area contributed by atoms with Crippen LogP contribution in [0, 0.1) is 23.7 Å². The van der Waals surface area contributed by atoms with Crippen LogP contribution in [0.15, 0.2) is 57.5 Å². The fourth-order valence-corrected chi connectivity index (χ4v) is 11.8. The third-order valence-corrected chi connectivity index (χ3v) is 15.0. The molecule has 6 atom stereocenters. The predicted molar refractivity (Wildman–Crippen MR) is 223 cm³/mol. The standard InChI is InChI=1S/C46H68Br2N2O2/c47-42-23-19-38(20-24-42)45(51)35-49-28-15-11-7-3-1-5-9-13-17-37-31-41-34-50(32-37,36-46(52)39-21-25-43(48)26-22-39)29-16-12-8-4-2-6-10-14-18-40(33-49)44(41)27-30-49/h19-26,37,40-41,44H,1-18,27-36H2/q+2/t37-,40-,41+,44-,49?,50?/m0/s1. The van der Waals surface area contributed by atoms with Gasteiger partial charge in [-0.2, -0.15) is 0 Å². The molecule has 0 aliphatic carbocycles. The zero-order valence-corrected chi connectivity index (χ0v) is 35.4. The minimum absolute atomic E-state index is 0.328. The molecule has 0 N–H and O–H groups in total. The highest BCUT2D eigenvalue weighted by molar-refractivity contribution is 9.10. The summed E-state index contributed by atoms with van der Waals surface area (Å²) in [5, 5.41) is 0. The minimum atomic E-state index is 0.328. The van der Waals surface area contributed by atoms with Crippen molar-refractivity contribution in [2.24, 2.45) is 23.7 Å². The van der Waals surface area contributed by atoms with E-state index >= 15 is 0 Å². The van der Waals surface area contributed by atoms with Crippen LogP contribution in [-0.4, -0.2) is 72.9 Å². The van der Waals surface area contributed by atoms with Crippen molar-refractivity contribution in [3.63, 3.8) is 0 Å². The van der Waals surface area contributed by atoms with Crippen LogP contribution in [0.1, 0.15) is 149 Å². The average molecular weight is 841 g/mol. The smallest absolute Gasteiger partial charge is 0.216 e. The summed E-state index contributed by atoms with van der Waals surface area (Å²) in [7, 11) is 0. The van der Waals surface area contributed by atoms with E-state index in [9.17, 15) is 9.59 Å². The van der Waals surface area contributed by atoms with E-state index in [4.69, 9.17) is 0 Å². The molecule has 6 heteroatoms. The lowest BCUT2D eigenvalue weighted by Gasteiger charge is -2.53. The molecule has 2 unspecified atom stereocenters. The molecule has 4 nitrogen and oxygen atoms in total. The second-order valence-electron chi connectivity index (χ2n) is 17.9. The fourth-order valence-electron chi connectivity index (χ4n) is 11.3. The van der Waals surface area contributed by atoms with Gasteiger partial charge < -0.3 is 8.97 Å². The van der Waals surface area contributed by atoms with Gasteiger partial charge in [0.25, 0.3) is 0 Å². The first-order valence-electron chi connectivity index (χ1n) is 21.6. The first kappa shape index (κ1) is 40.3. The van der Waals surface area contributed by atoms with Gasteiger partial charge in [-0.05, 0) is 75.1 Å². The van der Waals surface area contributed by atoms with Gasteiger partial charge in [-0.3, -0.25) is 9.59 Å². The molecule has 2 aromatic carbocycles. The van der Waals surface area contributed by atoms with Gasteiger partial charge in [0.1, 0.15) is 13.1 Å². The van der Waals surface area contributed by atoms with Gasteiger partial charge in [0, 0.05) is 44.2 Å². The molecule has 52 heavy (non-hydrogen) atoms. The largest absolute Gasteiger partial charge is 0.317 e.